The van der Waals surface area contributed by atoms with Crippen molar-refractivity contribution in [2.45, 2.75) is 37.2 Å². The summed E-state index contributed by atoms with van der Waals surface area (Å²) in [5, 5.41) is 10.1. The van der Waals surface area contributed by atoms with Crippen molar-refractivity contribution >= 4 is 31.6 Å². The SMILES string of the molecule is Cc1cc(Br)c(N)cc1S(=O)(=O)N1CCCC(C)(O)C1. The number of piperidine rings is 1. The van der Waals surface area contributed by atoms with E-state index in [1.54, 1.807) is 19.9 Å². The van der Waals surface area contributed by atoms with Crippen LogP contribution in [0.3, 0.4) is 0 Å². The molecule has 1 unspecified atom stereocenters. The summed E-state index contributed by atoms with van der Waals surface area (Å²) in [5.74, 6) is 0. The molecule has 1 aliphatic rings. The molecule has 0 saturated carbocycles. The summed E-state index contributed by atoms with van der Waals surface area (Å²) in [5.41, 5.74) is 5.84. The molecule has 0 aromatic heterocycles. The number of nitrogens with two attached hydrogens (primary N) is 1. The fourth-order valence-corrected chi connectivity index (χ4v) is 4.76. The van der Waals surface area contributed by atoms with Gasteiger partial charge in [0.2, 0.25) is 10.0 Å². The average molecular weight is 363 g/mol. The van der Waals surface area contributed by atoms with Crippen LogP contribution in [0, 0.1) is 6.92 Å². The van der Waals surface area contributed by atoms with Crippen LogP contribution >= 0.6 is 15.9 Å². The molecule has 0 spiro atoms. The first-order valence-corrected chi connectivity index (χ1v) is 8.65. The second-order valence-electron chi connectivity index (χ2n) is 5.58. The second-order valence-corrected chi connectivity index (χ2v) is 8.34. The molecular weight excluding hydrogens is 344 g/mol. The van der Waals surface area contributed by atoms with E-state index in [1.807, 2.05) is 0 Å². The molecule has 7 heteroatoms. The van der Waals surface area contributed by atoms with Gasteiger partial charge in [0, 0.05) is 23.2 Å². The number of nitrogen functional groups attached to an aromatic ring is 1. The quantitative estimate of drug-likeness (QED) is 0.786. The van der Waals surface area contributed by atoms with Crippen LogP contribution in [0.2, 0.25) is 0 Å². The predicted molar refractivity (Wildman–Crippen MR) is 81.9 cm³/mol. The van der Waals surface area contributed by atoms with Crippen molar-refractivity contribution in [1.82, 2.24) is 4.31 Å². The number of sulfonamides is 1. The van der Waals surface area contributed by atoms with E-state index in [1.165, 1.54) is 10.4 Å². The van der Waals surface area contributed by atoms with E-state index in [9.17, 15) is 13.5 Å². The minimum atomic E-state index is -3.63. The van der Waals surface area contributed by atoms with E-state index in [-0.39, 0.29) is 11.4 Å². The lowest BCUT2D eigenvalue weighted by Gasteiger charge is -2.36. The summed E-state index contributed by atoms with van der Waals surface area (Å²) >= 11 is 3.29. The summed E-state index contributed by atoms with van der Waals surface area (Å²) in [7, 11) is -3.63. The van der Waals surface area contributed by atoms with Crippen LogP contribution in [0.5, 0.6) is 0 Å². The molecule has 1 aromatic carbocycles. The highest BCUT2D eigenvalue weighted by atomic mass is 79.9. The zero-order chi connectivity index (χ0) is 15.1. The van der Waals surface area contributed by atoms with Crippen molar-refractivity contribution < 1.29 is 13.5 Å². The van der Waals surface area contributed by atoms with Crippen molar-refractivity contribution in [1.29, 1.82) is 0 Å². The van der Waals surface area contributed by atoms with Crippen LogP contribution in [-0.4, -0.2) is 36.5 Å². The molecule has 0 bridgehead atoms. The molecule has 1 heterocycles. The van der Waals surface area contributed by atoms with Gasteiger partial charge in [-0.15, -0.1) is 0 Å². The fourth-order valence-electron chi connectivity index (χ4n) is 2.46. The normalized spacial score (nSPS) is 24.8. The first-order valence-electron chi connectivity index (χ1n) is 6.42. The lowest BCUT2D eigenvalue weighted by Crippen LogP contribution is -2.48. The van der Waals surface area contributed by atoms with Crippen molar-refractivity contribution in [2.24, 2.45) is 0 Å². The van der Waals surface area contributed by atoms with Crippen LogP contribution in [0.15, 0.2) is 21.5 Å². The number of hydrogen-bond donors (Lipinski definition) is 2. The third kappa shape index (κ3) is 3.00. The molecule has 5 nitrogen and oxygen atoms in total. The smallest absolute Gasteiger partial charge is 0.243 e. The van der Waals surface area contributed by atoms with Gasteiger partial charge in [0.1, 0.15) is 0 Å². The molecule has 3 N–H and O–H groups in total. The minimum absolute atomic E-state index is 0.116. The molecule has 0 aliphatic carbocycles. The Hall–Kier alpha value is -0.630. The minimum Gasteiger partial charge on any atom is -0.398 e. The molecule has 1 atom stereocenters. The molecule has 1 saturated heterocycles. The lowest BCUT2D eigenvalue weighted by atomic mass is 9.97. The summed E-state index contributed by atoms with van der Waals surface area (Å²) in [6.07, 6.45) is 1.26. The monoisotopic (exact) mass is 362 g/mol. The summed E-state index contributed by atoms with van der Waals surface area (Å²) < 4.78 is 27.4. The highest BCUT2D eigenvalue weighted by molar-refractivity contribution is 9.10. The van der Waals surface area contributed by atoms with Crippen LogP contribution < -0.4 is 5.73 Å². The number of benzene rings is 1. The number of aliphatic hydroxyl groups is 1. The topological polar surface area (TPSA) is 83.6 Å². The molecule has 112 valence electrons. The fraction of sp³-hybridized carbons (Fsp3) is 0.538. The van der Waals surface area contributed by atoms with Gasteiger partial charge in [0.25, 0.3) is 0 Å². The standard InChI is InChI=1S/C13H19BrN2O3S/c1-9-6-10(14)11(15)7-12(9)20(18,19)16-5-3-4-13(2,17)8-16/h6-7,17H,3-5,8,15H2,1-2H3. The van der Waals surface area contributed by atoms with Gasteiger partial charge in [-0.3, -0.25) is 0 Å². The zero-order valence-electron chi connectivity index (χ0n) is 11.6. The number of rotatable bonds is 2. The van der Waals surface area contributed by atoms with Crippen LogP contribution in [-0.2, 0) is 10.0 Å². The van der Waals surface area contributed by atoms with Gasteiger partial charge < -0.3 is 10.8 Å². The summed E-state index contributed by atoms with van der Waals surface area (Å²) in [4.78, 5) is 0.205. The van der Waals surface area contributed by atoms with Crippen LogP contribution in [0.1, 0.15) is 25.3 Å². The molecule has 0 amide bonds. The Balaban J connectivity index is 2.43. The number of halogens is 1. The number of anilines is 1. The molecule has 2 rings (SSSR count). The molecular formula is C13H19BrN2O3S. The third-order valence-electron chi connectivity index (χ3n) is 3.55. The van der Waals surface area contributed by atoms with E-state index < -0.39 is 15.6 Å². The van der Waals surface area contributed by atoms with Crippen molar-refractivity contribution in [2.75, 3.05) is 18.8 Å². The van der Waals surface area contributed by atoms with E-state index in [4.69, 9.17) is 5.73 Å². The van der Waals surface area contributed by atoms with E-state index in [0.717, 1.165) is 0 Å². The van der Waals surface area contributed by atoms with E-state index in [0.29, 0.717) is 35.1 Å². The largest absolute Gasteiger partial charge is 0.398 e. The van der Waals surface area contributed by atoms with Gasteiger partial charge >= 0.3 is 0 Å². The number of nitrogens with zero attached hydrogens (tertiary/aromatic N) is 1. The van der Waals surface area contributed by atoms with Crippen molar-refractivity contribution in [3.8, 4) is 0 Å². The molecule has 1 aromatic rings. The van der Waals surface area contributed by atoms with Gasteiger partial charge in [0.05, 0.1) is 10.5 Å². The first-order chi connectivity index (χ1) is 9.13. The summed E-state index contributed by atoms with van der Waals surface area (Å²) in [6.45, 7) is 3.94. The Morgan fingerprint density at radius 1 is 1.45 bits per heavy atom. The average Bonchev–Trinajstić information content (AvgIpc) is 2.32. The molecule has 1 aliphatic heterocycles. The Kier molecular flexibility index (Phi) is 4.17. The van der Waals surface area contributed by atoms with Crippen molar-refractivity contribution in [3.05, 3.63) is 22.2 Å². The Labute approximate surface area is 128 Å². The Morgan fingerprint density at radius 2 is 2.10 bits per heavy atom. The third-order valence-corrected chi connectivity index (χ3v) is 6.23. The summed E-state index contributed by atoms with van der Waals surface area (Å²) in [6, 6.07) is 3.17. The zero-order valence-corrected chi connectivity index (χ0v) is 14.0. The number of β-amino-alcohol motifs (C(OH)–C–C–N with tert-alkyl or cyclic N) is 1. The lowest BCUT2D eigenvalue weighted by molar-refractivity contribution is 0.00939. The van der Waals surface area contributed by atoms with E-state index in [2.05, 4.69) is 15.9 Å². The Bertz CT molecular complexity index is 629. The van der Waals surface area contributed by atoms with Crippen LogP contribution in [0.25, 0.3) is 0 Å². The van der Waals surface area contributed by atoms with Gasteiger partial charge in [-0.1, -0.05) is 0 Å². The number of hydrogen-bond acceptors (Lipinski definition) is 4. The van der Waals surface area contributed by atoms with Gasteiger partial charge in [-0.05, 0) is 60.3 Å². The van der Waals surface area contributed by atoms with Gasteiger partial charge in [-0.2, -0.15) is 4.31 Å². The predicted octanol–water partition coefficient (Wildman–Crippen LogP) is 1.88. The first kappa shape index (κ1) is 15.8. The van der Waals surface area contributed by atoms with Gasteiger partial charge in [-0.25, -0.2) is 8.42 Å². The van der Waals surface area contributed by atoms with Crippen LogP contribution in [0.4, 0.5) is 5.69 Å². The molecule has 20 heavy (non-hydrogen) atoms. The molecule has 1 fully saturated rings. The second kappa shape index (κ2) is 5.29. The van der Waals surface area contributed by atoms with E-state index >= 15 is 0 Å². The maximum Gasteiger partial charge on any atom is 0.243 e. The Morgan fingerprint density at radius 3 is 2.70 bits per heavy atom. The van der Waals surface area contributed by atoms with Crippen molar-refractivity contribution in [3.63, 3.8) is 0 Å². The number of aryl methyl sites for hydroxylation is 1. The maximum absolute atomic E-state index is 12.7. The maximum atomic E-state index is 12.7. The van der Waals surface area contributed by atoms with Gasteiger partial charge in [0.15, 0.2) is 0 Å². The highest BCUT2D eigenvalue weighted by Crippen LogP contribution is 2.31. The molecule has 0 radical (unpaired) electrons. The highest BCUT2D eigenvalue weighted by Gasteiger charge is 2.36.